The minimum Gasteiger partial charge on any atom is -0.461 e. The molecule has 0 saturated carbocycles. The van der Waals surface area contributed by atoms with Gasteiger partial charge in [-0.3, -0.25) is 0 Å². The summed E-state index contributed by atoms with van der Waals surface area (Å²) in [5.41, 5.74) is 0.245. The zero-order chi connectivity index (χ0) is 15.1. The molecule has 1 aromatic rings. The number of nitrogens with one attached hydrogen (secondary N) is 1. The first kappa shape index (κ1) is 15.8. The van der Waals surface area contributed by atoms with Crippen LogP contribution >= 0.6 is 0 Å². The van der Waals surface area contributed by atoms with Gasteiger partial charge in [0.25, 0.3) is 6.01 Å². The zero-order valence-electron chi connectivity index (χ0n) is 12.9. The van der Waals surface area contributed by atoms with Gasteiger partial charge in [-0.2, -0.15) is 4.98 Å². The predicted molar refractivity (Wildman–Crippen MR) is 80.6 cm³/mol. The van der Waals surface area contributed by atoms with Crippen molar-refractivity contribution in [1.29, 1.82) is 0 Å². The van der Waals surface area contributed by atoms with Crippen molar-refractivity contribution in [1.82, 2.24) is 10.3 Å². The highest BCUT2D eigenvalue weighted by atomic mass is 16.5. The molecule has 1 aliphatic rings. The lowest BCUT2D eigenvalue weighted by Gasteiger charge is -2.29. The first-order chi connectivity index (χ1) is 10.2. The molecular weight excluding hydrogens is 270 g/mol. The van der Waals surface area contributed by atoms with Crippen LogP contribution < -0.4 is 10.2 Å². The predicted octanol–water partition coefficient (Wildman–Crippen LogP) is 2.07. The van der Waals surface area contributed by atoms with Crippen molar-refractivity contribution >= 4 is 12.0 Å². The van der Waals surface area contributed by atoms with Crippen LogP contribution in [0, 0.1) is 5.92 Å². The maximum atomic E-state index is 11.7. The molecule has 6 nitrogen and oxygen atoms in total. The summed E-state index contributed by atoms with van der Waals surface area (Å²) in [6.45, 7) is 8.16. The van der Waals surface area contributed by atoms with Crippen LogP contribution in [0.2, 0.25) is 0 Å². The Balaban J connectivity index is 2.01. The molecule has 2 rings (SSSR count). The Kier molecular flexibility index (Phi) is 6.04. The lowest BCUT2D eigenvalue weighted by atomic mass is 9.99. The lowest BCUT2D eigenvalue weighted by molar-refractivity contribution is 0.0519. The van der Waals surface area contributed by atoms with Crippen molar-refractivity contribution < 1.29 is 13.9 Å². The molecule has 0 aliphatic carbocycles. The topological polar surface area (TPSA) is 67.6 Å². The highest BCUT2D eigenvalue weighted by molar-refractivity contribution is 5.87. The smallest absolute Gasteiger partial charge is 0.360 e. The van der Waals surface area contributed by atoms with E-state index in [1.54, 1.807) is 6.92 Å². The molecule has 0 spiro atoms. The van der Waals surface area contributed by atoms with Gasteiger partial charge in [0, 0.05) is 13.1 Å². The quantitative estimate of drug-likeness (QED) is 0.777. The summed E-state index contributed by atoms with van der Waals surface area (Å²) in [4.78, 5) is 18.1. The van der Waals surface area contributed by atoms with Crippen molar-refractivity contribution in [2.45, 2.75) is 33.1 Å². The van der Waals surface area contributed by atoms with Gasteiger partial charge in [-0.1, -0.05) is 6.92 Å². The lowest BCUT2D eigenvalue weighted by Crippen LogP contribution is -2.38. The number of piperidine rings is 1. The molecule has 0 radical (unpaired) electrons. The number of anilines is 1. The summed E-state index contributed by atoms with van der Waals surface area (Å²) in [6.07, 6.45) is 4.83. The minimum atomic E-state index is -0.428. The number of hydrogen-bond acceptors (Lipinski definition) is 6. The van der Waals surface area contributed by atoms with Gasteiger partial charge in [-0.25, -0.2) is 4.79 Å². The normalized spacial score (nSPS) is 18.5. The molecule has 6 heteroatoms. The first-order valence-corrected chi connectivity index (χ1v) is 7.82. The van der Waals surface area contributed by atoms with E-state index >= 15 is 0 Å². The maximum Gasteiger partial charge on any atom is 0.360 e. The molecule has 0 amide bonds. The standard InChI is InChI=1S/C15H25N3O3/c1-3-8-18(10-12-6-5-7-16-9-12)15-17-13(11-21-15)14(19)20-4-2/h11-12,16H,3-10H2,1-2H3. The van der Waals surface area contributed by atoms with Gasteiger partial charge in [0.2, 0.25) is 0 Å². The van der Waals surface area contributed by atoms with Gasteiger partial charge in [0.15, 0.2) is 5.69 Å². The third-order valence-corrected chi connectivity index (χ3v) is 3.62. The summed E-state index contributed by atoms with van der Waals surface area (Å²) in [5.74, 6) is 0.173. The van der Waals surface area contributed by atoms with Crippen molar-refractivity contribution in [3.8, 4) is 0 Å². The van der Waals surface area contributed by atoms with Gasteiger partial charge >= 0.3 is 5.97 Å². The fourth-order valence-electron chi connectivity index (χ4n) is 2.63. The Hall–Kier alpha value is -1.56. The number of carbonyl (C=O) groups is 1. The number of esters is 1. The average Bonchev–Trinajstić information content (AvgIpc) is 2.98. The van der Waals surface area contributed by atoms with Crippen LogP contribution in [0.3, 0.4) is 0 Å². The molecule has 0 aromatic carbocycles. The Bertz CT molecular complexity index is 441. The molecule has 1 aliphatic heterocycles. The molecule has 1 fully saturated rings. The third kappa shape index (κ3) is 4.46. The SMILES string of the molecule is CCCN(CC1CCCNC1)c1nc(C(=O)OCC)co1. The minimum absolute atomic E-state index is 0.245. The van der Waals surface area contributed by atoms with Gasteiger partial charge in [-0.15, -0.1) is 0 Å². The van der Waals surface area contributed by atoms with Crippen LogP contribution in [0.15, 0.2) is 10.7 Å². The van der Waals surface area contributed by atoms with Crippen LogP contribution in [0.5, 0.6) is 0 Å². The van der Waals surface area contributed by atoms with Crippen molar-refractivity contribution in [3.05, 3.63) is 12.0 Å². The van der Waals surface area contributed by atoms with Gasteiger partial charge in [0.05, 0.1) is 6.61 Å². The van der Waals surface area contributed by atoms with Gasteiger partial charge < -0.3 is 19.4 Å². The second-order valence-electron chi connectivity index (χ2n) is 5.39. The summed E-state index contributed by atoms with van der Waals surface area (Å²) < 4.78 is 10.4. The van der Waals surface area contributed by atoms with Crippen LogP contribution in [0.25, 0.3) is 0 Å². The molecule has 1 N–H and O–H groups in total. The molecule has 2 heterocycles. The van der Waals surface area contributed by atoms with E-state index < -0.39 is 5.97 Å². The van der Waals surface area contributed by atoms with Gasteiger partial charge in [0.1, 0.15) is 6.26 Å². The van der Waals surface area contributed by atoms with E-state index in [1.807, 2.05) is 0 Å². The molecule has 1 atom stereocenters. The summed E-state index contributed by atoms with van der Waals surface area (Å²) in [7, 11) is 0. The molecule has 1 unspecified atom stereocenters. The summed E-state index contributed by atoms with van der Waals surface area (Å²) in [6, 6.07) is 0.519. The van der Waals surface area contributed by atoms with E-state index in [4.69, 9.17) is 9.15 Å². The second-order valence-corrected chi connectivity index (χ2v) is 5.39. The monoisotopic (exact) mass is 295 g/mol. The number of ether oxygens (including phenoxy) is 1. The van der Waals surface area contributed by atoms with Crippen LogP contribution in [-0.2, 0) is 4.74 Å². The first-order valence-electron chi connectivity index (χ1n) is 7.82. The van der Waals surface area contributed by atoms with Crippen molar-refractivity contribution in [2.24, 2.45) is 5.92 Å². The van der Waals surface area contributed by atoms with E-state index in [2.05, 4.69) is 22.1 Å². The molecule has 21 heavy (non-hydrogen) atoms. The largest absolute Gasteiger partial charge is 0.461 e. The average molecular weight is 295 g/mol. The molecule has 1 saturated heterocycles. The highest BCUT2D eigenvalue weighted by Crippen LogP contribution is 2.19. The number of carbonyl (C=O) groups excluding carboxylic acids is 1. The van der Waals surface area contributed by atoms with Crippen LogP contribution in [-0.4, -0.2) is 43.7 Å². The fraction of sp³-hybridized carbons (Fsp3) is 0.733. The number of oxazole rings is 1. The number of rotatable bonds is 7. The molecule has 1 aromatic heterocycles. The Labute approximate surface area is 125 Å². The Morgan fingerprint density at radius 3 is 3.10 bits per heavy atom. The molecule has 0 bridgehead atoms. The number of aromatic nitrogens is 1. The highest BCUT2D eigenvalue weighted by Gasteiger charge is 2.21. The Morgan fingerprint density at radius 2 is 2.43 bits per heavy atom. The van der Waals surface area contributed by atoms with Crippen LogP contribution in [0.4, 0.5) is 6.01 Å². The third-order valence-electron chi connectivity index (χ3n) is 3.62. The number of nitrogens with zero attached hydrogens (tertiary/aromatic N) is 2. The van der Waals surface area contributed by atoms with E-state index in [9.17, 15) is 4.79 Å². The van der Waals surface area contributed by atoms with E-state index in [-0.39, 0.29) is 5.69 Å². The van der Waals surface area contributed by atoms with E-state index in [1.165, 1.54) is 19.1 Å². The van der Waals surface area contributed by atoms with Crippen molar-refractivity contribution in [3.63, 3.8) is 0 Å². The number of hydrogen-bond donors (Lipinski definition) is 1. The maximum absolute atomic E-state index is 11.7. The van der Waals surface area contributed by atoms with Gasteiger partial charge in [-0.05, 0) is 45.2 Å². The fourth-order valence-corrected chi connectivity index (χ4v) is 2.63. The second kappa shape index (κ2) is 8.02. The summed E-state index contributed by atoms with van der Waals surface area (Å²) in [5, 5.41) is 3.42. The zero-order valence-corrected chi connectivity index (χ0v) is 12.9. The van der Waals surface area contributed by atoms with E-state index in [0.29, 0.717) is 18.5 Å². The summed E-state index contributed by atoms with van der Waals surface area (Å²) >= 11 is 0. The Morgan fingerprint density at radius 1 is 1.57 bits per heavy atom. The van der Waals surface area contributed by atoms with Crippen LogP contribution in [0.1, 0.15) is 43.6 Å². The van der Waals surface area contributed by atoms with Crippen molar-refractivity contribution in [2.75, 3.05) is 37.7 Å². The molecular formula is C15H25N3O3. The molecule has 118 valence electrons. The van der Waals surface area contributed by atoms with E-state index in [0.717, 1.165) is 32.6 Å².